The molecule has 0 aromatic heterocycles. The normalized spacial score (nSPS) is 13.1. The second-order valence-corrected chi connectivity index (χ2v) is 5.51. The van der Waals surface area contributed by atoms with Crippen molar-refractivity contribution in [1.29, 1.82) is 5.26 Å². The number of hydrogen-bond acceptors (Lipinski definition) is 5. The lowest BCUT2D eigenvalue weighted by molar-refractivity contribution is -0.124. The molecule has 1 N–H and O–H groups in total. The molecule has 6 nitrogen and oxygen atoms in total. The number of nitrogens with zero attached hydrogens (tertiary/aromatic N) is 2. The average Bonchev–Trinajstić information content (AvgIpc) is 2.77. The van der Waals surface area contributed by atoms with Crippen molar-refractivity contribution in [2.24, 2.45) is 0 Å². The van der Waals surface area contributed by atoms with Crippen molar-refractivity contribution >= 4 is 17.7 Å². The van der Waals surface area contributed by atoms with Crippen LogP contribution in [0.15, 0.2) is 36.4 Å². The molecule has 0 bridgehead atoms. The van der Waals surface area contributed by atoms with Crippen molar-refractivity contribution in [2.75, 3.05) is 21.3 Å². The number of hydrogen-bond donors (Lipinski definition) is 1. The first kappa shape index (κ1) is 16.4. The van der Waals surface area contributed by atoms with Crippen LogP contribution in [-0.2, 0) is 4.79 Å². The summed E-state index contributed by atoms with van der Waals surface area (Å²) in [6.07, 6.45) is 1.54. The molecule has 25 heavy (non-hydrogen) atoms. The van der Waals surface area contributed by atoms with Gasteiger partial charge in [-0.1, -0.05) is 12.1 Å². The number of ether oxygens (including phenoxy) is 2. The zero-order chi connectivity index (χ0) is 18.0. The third-order valence-corrected chi connectivity index (χ3v) is 4.02. The first-order valence-corrected chi connectivity index (χ1v) is 7.60. The first-order chi connectivity index (χ1) is 12.1. The lowest BCUT2D eigenvalue weighted by atomic mass is 10.1. The highest BCUT2D eigenvalue weighted by atomic mass is 16.5. The van der Waals surface area contributed by atoms with E-state index in [-0.39, 0.29) is 5.91 Å². The molecular weight excluding hydrogens is 318 g/mol. The third kappa shape index (κ3) is 3.00. The Bertz CT molecular complexity index is 988. The van der Waals surface area contributed by atoms with Crippen LogP contribution in [0, 0.1) is 11.3 Å². The van der Waals surface area contributed by atoms with Crippen molar-refractivity contribution in [3.63, 3.8) is 0 Å². The van der Waals surface area contributed by atoms with Gasteiger partial charge in [-0.2, -0.15) is 5.26 Å². The predicted octanol–water partition coefficient (Wildman–Crippen LogP) is 0.489. The summed E-state index contributed by atoms with van der Waals surface area (Å²) >= 11 is 0. The van der Waals surface area contributed by atoms with E-state index in [1.807, 2.05) is 18.2 Å². The summed E-state index contributed by atoms with van der Waals surface area (Å²) in [4.78, 5) is 12.3. The number of benzene rings is 2. The van der Waals surface area contributed by atoms with Crippen LogP contribution < -0.4 is 25.3 Å². The molecule has 1 aliphatic heterocycles. The molecule has 1 aliphatic rings. The smallest absolute Gasteiger partial charge is 0.265 e. The lowest BCUT2D eigenvalue weighted by Gasteiger charge is -2.19. The number of methoxy groups -OCH3 is 2. The second kappa shape index (κ2) is 6.57. The van der Waals surface area contributed by atoms with Gasteiger partial charge < -0.3 is 9.47 Å². The molecule has 0 unspecified atom stereocenters. The fourth-order valence-corrected chi connectivity index (χ4v) is 2.67. The Morgan fingerprint density at radius 3 is 2.32 bits per heavy atom. The number of nitriles is 1. The zero-order valence-electron chi connectivity index (χ0n) is 14.2. The Morgan fingerprint density at radius 2 is 1.72 bits per heavy atom. The molecule has 1 amide bonds. The van der Waals surface area contributed by atoms with E-state index in [9.17, 15) is 4.79 Å². The highest BCUT2D eigenvalue weighted by molar-refractivity contribution is 6.04. The molecule has 0 fully saturated rings. The van der Waals surface area contributed by atoms with E-state index in [2.05, 4.69) is 11.5 Å². The van der Waals surface area contributed by atoms with E-state index in [0.717, 1.165) is 21.7 Å². The molecule has 0 spiro atoms. The third-order valence-electron chi connectivity index (χ3n) is 4.02. The summed E-state index contributed by atoms with van der Waals surface area (Å²) in [5.41, 5.74) is 5.28. The zero-order valence-corrected chi connectivity index (χ0v) is 14.2. The van der Waals surface area contributed by atoms with Gasteiger partial charge in [0.1, 0.15) is 0 Å². The van der Waals surface area contributed by atoms with E-state index >= 15 is 0 Å². The van der Waals surface area contributed by atoms with Crippen molar-refractivity contribution in [2.45, 2.75) is 0 Å². The minimum atomic E-state index is -0.183. The Morgan fingerprint density at radius 1 is 1.08 bits per heavy atom. The van der Waals surface area contributed by atoms with Crippen LogP contribution in [0.4, 0.5) is 0 Å². The van der Waals surface area contributed by atoms with Gasteiger partial charge >= 0.3 is 0 Å². The number of nitrogens with one attached hydrogen (secondary N) is 1. The minimum absolute atomic E-state index is 0.183. The van der Waals surface area contributed by atoms with Gasteiger partial charge in [0.2, 0.25) is 0 Å². The van der Waals surface area contributed by atoms with E-state index in [4.69, 9.17) is 14.7 Å². The van der Waals surface area contributed by atoms with Gasteiger partial charge in [-0.3, -0.25) is 15.2 Å². The Kier molecular flexibility index (Phi) is 4.31. The van der Waals surface area contributed by atoms with Crippen LogP contribution in [0.5, 0.6) is 11.5 Å². The second-order valence-electron chi connectivity index (χ2n) is 5.51. The number of carbonyl (C=O) groups is 1. The summed E-state index contributed by atoms with van der Waals surface area (Å²) < 4.78 is 10.7. The molecule has 3 rings (SSSR count). The lowest BCUT2D eigenvalue weighted by Crippen LogP contribution is -2.38. The fraction of sp³-hybridized carbons (Fsp3) is 0.158. The summed E-state index contributed by atoms with van der Waals surface area (Å²) in [5, 5.41) is 11.9. The molecule has 0 atom stereocenters. The maximum atomic E-state index is 12.3. The Hall–Kier alpha value is -3.46. The summed E-state index contributed by atoms with van der Waals surface area (Å²) in [7, 11) is 4.78. The molecule has 0 aliphatic carbocycles. The highest BCUT2D eigenvalue weighted by Crippen LogP contribution is 2.23. The van der Waals surface area contributed by atoms with Gasteiger partial charge in [0.25, 0.3) is 5.91 Å². The van der Waals surface area contributed by atoms with Gasteiger partial charge in [-0.15, -0.1) is 0 Å². The van der Waals surface area contributed by atoms with Gasteiger partial charge in [0.15, 0.2) is 11.5 Å². The molecule has 2 aromatic rings. The number of rotatable bonds is 3. The first-order valence-electron chi connectivity index (χ1n) is 7.60. The van der Waals surface area contributed by atoms with Gasteiger partial charge in [-0.05, 0) is 29.5 Å². The molecular formula is C19H17N3O3. The topological polar surface area (TPSA) is 74.6 Å². The number of amides is 1. The van der Waals surface area contributed by atoms with Crippen LogP contribution in [0.25, 0.3) is 11.8 Å². The molecule has 1 heterocycles. The largest absolute Gasteiger partial charge is 0.493 e. The van der Waals surface area contributed by atoms with Crippen molar-refractivity contribution in [3.05, 3.63) is 58.0 Å². The average molecular weight is 335 g/mol. The fourth-order valence-electron chi connectivity index (χ4n) is 2.67. The Balaban J connectivity index is 2.36. The predicted molar refractivity (Wildman–Crippen MR) is 92.8 cm³/mol. The van der Waals surface area contributed by atoms with Crippen molar-refractivity contribution in [1.82, 2.24) is 10.4 Å². The van der Waals surface area contributed by atoms with Gasteiger partial charge in [0.05, 0.1) is 31.5 Å². The number of hydrazine groups is 1. The molecule has 126 valence electrons. The molecule has 0 saturated heterocycles. The van der Waals surface area contributed by atoms with E-state index in [0.29, 0.717) is 17.1 Å². The van der Waals surface area contributed by atoms with Crippen LogP contribution in [-0.4, -0.2) is 32.2 Å². The van der Waals surface area contributed by atoms with E-state index in [1.165, 1.54) is 5.01 Å². The number of fused-ring (bicyclic) bond motifs is 1. The van der Waals surface area contributed by atoms with E-state index in [1.54, 1.807) is 45.5 Å². The van der Waals surface area contributed by atoms with E-state index < -0.39 is 0 Å². The highest BCUT2D eigenvalue weighted by Gasteiger charge is 2.16. The summed E-state index contributed by atoms with van der Waals surface area (Å²) in [6, 6.07) is 12.9. The molecule has 6 heteroatoms. The minimum Gasteiger partial charge on any atom is -0.493 e. The quantitative estimate of drug-likeness (QED) is 0.884. The molecule has 0 radical (unpaired) electrons. The SMILES string of the molecule is COc1cc2c(cc1OC)=C(c1ccc(C#N)cc1)NN(C)C(=O)C=2. The van der Waals surface area contributed by atoms with Gasteiger partial charge in [0, 0.05) is 23.9 Å². The van der Waals surface area contributed by atoms with Crippen LogP contribution in [0.3, 0.4) is 0 Å². The Labute approximate surface area is 145 Å². The maximum Gasteiger partial charge on any atom is 0.265 e. The molecule has 0 saturated carbocycles. The monoisotopic (exact) mass is 335 g/mol. The number of carbonyl (C=O) groups excluding carboxylic acids is 1. The van der Waals surface area contributed by atoms with Gasteiger partial charge in [-0.25, -0.2) is 0 Å². The van der Waals surface area contributed by atoms with Crippen LogP contribution in [0.2, 0.25) is 0 Å². The summed E-state index contributed by atoms with van der Waals surface area (Å²) in [5.74, 6) is 0.936. The van der Waals surface area contributed by atoms with Crippen molar-refractivity contribution in [3.8, 4) is 17.6 Å². The van der Waals surface area contributed by atoms with Crippen LogP contribution in [0.1, 0.15) is 11.1 Å². The standard InChI is InChI=1S/C19H17N3O3/c1-22-18(23)9-14-8-16(24-2)17(25-3)10-15(14)19(21-22)13-6-4-12(11-20)5-7-13/h4-10,21H,1-3H3. The molecule has 2 aromatic carbocycles. The maximum absolute atomic E-state index is 12.3. The summed E-state index contributed by atoms with van der Waals surface area (Å²) in [6.45, 7) is 0. The van der Waals surface area contributed by atoms with Crippen molar-refractivity contribution < 1.29 is 14.3 Å². The van der Waals surface area contributed by atoms with Crippen LogP contribution >= 0.6 is 0 Å².